The topological polar surface area (TPSA) is 37.3 Å². The maximum atomic E-state index is 12.3. The lowest BCUT2D eigenvalue weighted by molar-refractivity contribution is -0.0318. The van der Waals surface area contributed by atoms with E-state index in [-0.39, 0.29) is 5.78 Å². The van der Waals surface area contributed by atoms with E-state index in [1.165, 1.54) is 0 Å². The molecule has 0 saturated carbocycles. The Labute approximate surface area is 104 Å². The van der Waals surface area contributed by atoms with Crippen molar-refractivity contribution in [2.75, 3.05) is 0 Å². The zero-order valence-corrected chi connectivity index (χ0v) is 11.2. The number of rotatable bonds is 5. The molecule has 0 aliphatic rings. The summed E-state index contributed by atoms with van der Waals surface area (Å²) in [4.78, 5) is 12.3. The van der Waals surface area contributed by atoms with Crippen molar-refractivity contribution >= 4 is 5.78 Å². The Hall–Kier alpha value is -1.15. The van der Waals surface area contributed by atoms with E-state index >= 15 is 0 Å². The average molecular weight is 234 g/mol. The van der Waals surface area contributed by atoms with Gasteiger partial charge in [-0.05, 0) is 13.3 Å². The van der Waals surface area contributed by atoms with Crippen LogP contribution in [0, 0.1) is 5.41 Å². The molecule has 2 nitrogen and oxygen atoms in total. The molecule has 1 N–H and O–H groups in total. The van der Waals surface area contributed by atoms with Gasteiger partial charge in [-0.15, -0.1) is 0 Å². The number of Topliss-reactive ketones (excluding diaryl/α,β-unsaturated/α-hetero) is 1. The van der Waals surface area contributed by atoms with Gasteiger partial charge >= 0.3 is 0 Å². The van der Waals surface area contributed by atoms with E-state index in [0.717, 1.165) is 12.8 Å². The van der Waals surface area contributed by atoms with Gasteiger partial charge in [0.15, 0.2) is 5.78 Å². The highest BCUT2D eigenvalue weighted by molar-refractivity contribution is 6.02. The van der Waals surface area contributed by atoms with Crippen molar-refractivity contribution < 1.29 is 9.90 Å². The molecule has 0 amide bonds. The van der Waals surface area contributed by atoms with Gasteiger partial charge in [-0.2, -0.15) is 0 Å². The normalized spacial score (nSPS) is 15.4. The smallest absolute Gasteiger partial charge is 0.194 e. The molecule has 2 heteroatoms. The van der Waals surface area contributed by atoms with Crippen molar-refractivity contribution in [1.82, 2.24) is 0 Å². The van der Waals surface area contributed by atoms with Gasteiger partial charge in [0.1, 0.15) is 5.60 Å². The standard InChI is InChI=1S/C15H22O2/c1-5-11-14(2,3)15(4,17)13(16)12-9-7-6-8-10-12/h6-10,17H,5,11H2,1-4H3. The molecule has 1 aromatic carbocycles. The van der Waals surface area contributed by atoms with Crippen molar-refractivity contribution in [2.45, 2.75) is 46.1 Å². The molecule has 0 aliphatic heterocycles. The molecule has 94 valence electrons. The first-order valence-electron chi connectivity index (χ1n) is 6.15. The summed E-state index contributed by atoms with van der Waals surface area (Å²) in [6.45, 7) is 7.57. The number of benzene rings is 1. The van der Waals surface area contributed by atoms with Crippen LogP contribution in [0.1, 0.15) is 50.9 Å². The lowest BCUT2D eigenvalue weighted by atomic mass is 9.69. The molecule has 0 aromatic heterocycles. The van der Waals surface area contributed by atoms with Crippen LogP contribution < -0.4 is 0 Å². The minimum Gasteiger partial charge on any atom is -0.381 e. The van der Waals surface area contributed by atoms with Crippen molar-refractivity contribution in [3.8, 4) is 0 Å². The Bertz CT molecular complexity index is 377. The number of carbonyl (C=O) groups is 1. The van der Waals surface area contributed by atoms with E-state index in [4.69, 9.17) is 0 Å². The molecular formula is C15H22O2. The van der Waals surface area contributed by atoms with Crippen LogP contribution in [0.5, 0.6) is 0 Å². The second-order valence-electron chi connectivity index (χ2n) is 5.40. The molecular weight excluding hydrogens is 212 g/mol. The summed E-state index contributed by atoms with van der Waals surface area (Å²) in [5, 5.41) is 10.5. The van der Waals surface area contributed by atoms with Gasteiger partial charge in [0, 0.05) is 11.0 Å². The third kappa shape index (κ3) is 2.75. The lowest BCUT2D eigenvalue weighted by Crippen LogP contribution is -2.48. The number of ketones is 1. The van der Waals surface area contributed by atoms with E-state index < -0.39 is 11.0 Å². The van der Waals surface area contributed by atoms with Crippen LogP contribution in [0.2, 0.25) is 0 Å². The zero-order valence-electron chi connectivity index (χ0n) is 11.2. The summed E-state index contributed by atoms with van der Waals surface area (Å²) in [6, 6.07) is 8.99. The lowest BCUT2D eigenvalue weighted by Gasteiger charge is -2.38. The molecule has 1 rings (SSSR count). The van der Waals surface area contributed by atoms with Crippen LogP contribution in [0.15, 0.2) is 30.3 Å². The van der Waals surface area contributed by atoms with Gasteiger partial charge in [0.2, 0.25) is 0 Å². The van der Waals surface area contributed by atoms with Crippen LogP contribution in [-0.4, -0.2) is 16.5 Å². The van der Waals surface area contributed by atoms with Crippen LogP contribution in [0.3, 0.4) is 0 Å². The molecule has 0 spiro atoms. The summed E-state index contributed by atoms with van der Waals surface area (Å²) < 4.78 is 0. The van der Waals surface area contributed by atoms with Crippen LogP contribution >= 0.6 is 0 Å². The van der Waals surface area contributed by atoms with E-state index in [0.29, 0.717) is 5.56 Å². The fourth-order valence-corrected chi connectivity index (χ4v) is 2.05. The Kier molecular flexibility index (Phi) is 4.10. The minimum atomic E-state index is -1.33. The molecule has 1 aromatic rings. The largest absolute Gasteiger partial charge is 0.381 e. The second-order valence-corrected chi connectivity index (χ2v) is 5.40. The van der Waals surface area contributed by atoms with E-state index in [9.17, 15) is 9.90 Å². The predicted octanol–water partition coefficient (Wildman–Crippen LogP) is 3.45. The van der Waals surface area contributed by atoms with E-state index in [1.807, 2.05) is 32.0 Å². The van der Waals surface area contributed by atoms with E-state index in [2.05, 4.69) is 6.92 Å². The first kappa shape index (κ1) is 13.9. The first-order chi connectivity index (χ1) is 7.83. The number of aliphatic hydroxyl groups is 1. The summed E-state index contributed by atoms with van der Waals surface area (Å²) in [6.07, 6.45) is 1.77. The van der Waals surface area contributed by atoms with Crippen molar-refractivity contribution in [3.05, 3.63) is 35.9 Å². The van der Waals surface area contributed by atoms with Crippen molar-refractivity contribution in [2.24, 2.45) is 5.41 Å². The molecule has 0 heterocycles. The van der Waals surface area contributed by atoms with E-state index in [1.54, 1.807) is 19.1 Å². The molecule has 17 heavy (non-hydrogen) atoms. The summed E-state index contributed by atoms with van der Waals surface area (Å²) in [5.74, 6) is -0.198. The van der Waals surface area contributed by atoms with Gasteiger partial charge < -0.3 is 5.11 Å². The van der Waals surface area contributed by atoms with Crippen molar-refractivity contribution in [1.29, 1.82) is 0 Å². The molecule has 1 atom stereocenters. The molecule has 0 aliphatic carbocycles. The Balaban J connectivity index is 3.02. The minimum absolute atomic E-state index is 0.198. The maximum Gasteiger partial charge on any atom is 0.194 e. The number of hydrogen-bond acceptors (Lipinski definition) is 2. The third-order valence-corrected chi connectivity index (χ3v) is 3.67. The maximum absolute atomic E-state index is 12.3. The Morgan fingerprint density at radius 2 is 1.71 bits per heavy atom. The summed E-state index contributed by atoms with van der Waals surface area (Å²) in [7, 11) is 0. The monoisotopic (exact) mass is 234 g/mol. The molecule has 0 saturated heterocycles. The van der Waals surface area contributed by atoms with Gasteiger partial charge in [0.25, 0.3) is 0 Å². The van der Waals surface area contributed by atoms with Crippen LogP contribution in [-0.2, 0) is 0 Å². The fraction of sp³-hybridized carbons (Fsp3) is 0.533. The van der Waals surface area contributed by atoms with Gasteiger partial charge in [-0.3, -0.25) is 4.79 Å². The van der Waals surface area contributed by atoms with Crippen LogP contribution in [0.25, 0.3) is 0 Å². The summed E-state index contributed by atoms with van der Waals surface area (Å²) >= 11 is 0. The van der Waals surface area contributed by atoms with Crippen LogP contribution in [0.4, 0.5) is 0 Å². The SMILES string of the molecule is CCCC(C)(C)C(C)(O)C(=O)c1ccccc1. The van der Waals surface area contributed by atoms with Gasteiger partial charge in [0.05, 0.1) is 0 Å². The predicted molar refractivity (Wildman–Crippen MR) is 70.1 cm³/mol. The highest BCUT2D eigenvalue weighted by atomic mass is 16.3. The Morgan fingerprint density at radius 3 is 2.18 bits per heavy atom. The molecule has 1 unspecified atom stereocenters. The average Bonchev–Trinajstić information content (AvgIpc) is 2.29. The molecule has 0 bridgehead atoms. The molecule has 0 fully saturated rings. The van der Waals surface area contributed by atoms with Crippen molar-refractivity contribution in [3.63, 3.8) is 0 Å². The quantitative estimate of drug-likeness (QED) is 0.792. The Morgan fingerprint density at radius 1 is 1.18 bits per heavy atom. The number of carbonyl (C=O) groups excluding carboxylic acids is 1. The first-order valence-corrected chi connectivity index (χ1v) is 6.15. The fourth-order valence-electron chi connectivity index (χ4n) is 2.05. The summed E-state index contributed by atoms with van der Waals surface area (Å²) in [5.41, 5.74) is -1.18. The number of hydrogen-bond donors (Lipinski definition) is 1. The second kappa shape index (κ2) is 5.01. The molecule has 0 radical (unpaired) electrons. The van der Waals surface area contributed by atoms with Gasteiger partial charge in [-0.1, -0.05) is 57.5 Å². The highest BCUT2D eigenvalue weighted by Crippen LogP contribution is 2.37. The highest BCUT2D eigenvalue weighted by Gasteiger charge is 2.44. The van der Waals surface area contributed by atoms with Gasteiger partial charge in [-0.25, -0.2) is 0 Å². The zero-order chi connectivity index (χ0) is 13.1. The third-order valence-electron chi connectivity index (χ3n) is 3.67.